The van der Waals surface area contributed by atoms with Crippen LogP contribution >= 0.6 is 23.4 Å². The van der Waals surface area contributed by atoms with E-state index in [2.05, 4.69) is 15.1 Å². The maximum atomic E-state index is 13.4. The fraction of sp³-hybridized carbons (Fsp3) is 0.318. The number of phenols is 1. The normalized spacial score (nSPS) is 19.9. The van der Waals surface area contributed by atoms with E-state index in [1.54, 1.807) is 6.07 Å². The van der Waals surface area contributed by atoms with Crippen LogP contribution in [0.15, 0.2) is 54.1 Å². The Bertz CT molecular complexity index is 950. The first-order valence-electron chi connectivity index (χ1n) is 9.86. The minimum Gasteiger partial charge on any atom is -0.508 e. The van der Waals surface area contributed by atoms with Gasteiger partial charge in [-0.05, 0) is 42.5 Å². The van der Waals surface area contributed by atoms with Gasteiger partial charge in [0.15, 0.2) is 5.50 Å². The second-order valence-corrected chi connectivity index (χ2v) is 8.86. The van der Waals surface area contributed by atoms with Crippen LogP contribution in [0.1, 0.15) is 28.8 Å². The molecule has 1 unspecified atom stereocenters. The van der Waals surface area contributed by atoms with Crippen molar-refractivity contribution in [3.8, 4) is 5.75 Å². The van der Waals surface area contributed by atoms with Crippen LogP contribution in [0.3, 0.4) is 0 Å². The van der Waals surface area contributed by atoms with E-state index in [-0.39, 0.29) is 16.4 Å². The zero-order valence-corrected chi connectivity index (χ0v) is 17.9. The number of nitrogens with one attached hydrogen (secondary N) is 1. The average molecular weight is 448 g/mol. The summed E-state index contributed by atoms with van der Waals surface area (Å²) in [7, 11) is 0. The Morgan fingerprint density at radius 1 is 1.23 bits per heavy atom. The van der Waals surface area contributed by atoms with E-state index in [9.17, 15) is 14.3 Å². The topological polar surface area (TPSA) is 55.8 Å². The smallest absolute Gasteiger partial charge is 0.253 e. The number of para-hydroxylation sites is 1. The predicted molar refractivity (Wildman–Crippen MR) is 118 cm³/mol. The van der Waals surface area contributed by atoms with Gasteiger partial charge in [-0.25, -0.2) is 4.39 Å². The summed E-state index contributed by atoms with van der Waals surface area (Å²) in [6.07, 6.45) is 3.96. The molecule has 2 aliphatic rings. The molecule has 1 atom stereocenters. The summed E-state index contributed by atoms with van der Waals surface area (Å²) in [6, 6.07) is 11.7. The van der Waals surface area contributed by atoms with Crippen molar-refractivity contribution in [2.75, 3.05) is 13.1 Å². The van der Waals surface area contributed by atoms with Gasteiger partial charge in [0, 0.05) is 43.0 Å². The number of nitrogens with zero attached hydrogens (tertiary/aromatic N) is 2. The summed E-state index contributed by atoms with van der Waals surface area (Å²) in [5.41, 5.74) is 1.08. The maximum Gasteiger partial charge on any atom is 0.253 e. The number of amides is 1. The first-order valence-corrected chi connectivity index (χ1v) is 11.2. The molecule has 0 radical (unpaired) electrons. The molecule has 2 aromatic rings. The standard InChI is InChI=1S/C22H23ClFN3O2S/c23-18-13-15(5-6-19(18)24)21(29)25-22-27(11-12-30-22)17-7-9-26(10-8-17)14-16-3-1-2-4-20(16)28/h1-6,11-13,17,22,28H,7-10,14H2,(H,25,29). The molecule has 1 amide bonds. The summed E-state index contributed by atoms with van der Waals surface area (Å²) < 4.78 is 13.4. The molecule has 8 heteroatoms. The van der Waals surface area contributed by atoms with E-state index in [1.807, 2.05) is 29.8 Å². The third-order valence-corrected chi connectivity index (χ3v) is 6.70. The quantitative estimate of drug-likeness (QED) is 0.712. The Morgan fingerprint density at radius 2 is 2.00 bits per heavy atom. The van der Waals surface area contributed by atoms with Gasteiger partial charge in [0.05, 0.1) is 5.02 Å². The number of likely N-dealkylation sites (tertiary alicyclic amines) is 1. The number of carbonyl (C=O) groups excluding carboxylic acids is 1. The second kappa shape index (κ2) is 9.29. The molecule has 0 saturated carbocycles. The van der Waals surface area contributed by atoms with Crippen molar-refractivity contribution in [3.05, 3.63) is 76.0 Å². The highest BCUT2D eigenvalue weighted by Crippen LogP contribution is 2.30. The van der Waals surface area contributed by atoms with Crippen LogP contribution in [0.4, 0.5) is 4.39 Å². The van der Waals surface area contributed by atoms with Crippen LogP contribution in [-0.4, -0.2) is 45.4 Å². The number of hydrogen-bond donors (Lipinski definition) is 2. The van der Waals surface area contributed by atoms with E-state index < -0.39 is 5.82 Å². The molecule has 30 heavy (non-hydrogen) atoms. The highest BCUT2D eigenvalue weighted by atomic mass is 35.5. The van der Waals surface area contributed by atoms with Crippen molar-refractivity contribution in [3.63, 3.8) is 0 Å². The molecule has 1 fully saturated rings. The van der Waals surface area contributed by atoms with Gasteiger partial charge >= 0.3 is 0 Å². The van der Waals surface area contributed by atoms with E-state index >= 15 is 0 Å². The van der Waals surface area contributed by atoms with Gasteiger partial charge in [-0.3, -0.25) is 9.69 Å². The van der Waals surface area contributed by atoms with E-state index in [0.717, 1.165) is 38.0 Å². The number of carbonyl (C=O) groups is 1. The SMILES string of the molecule is O=C(NC1SC=CN1C1CCN(Cc2ccccc2O)CC1)c1ccc(F)c(Cl)c1. The van der Waals surface area contributed by atoms with Crippen LogP contribution < -0.4 is 5.32 Å². The molecular weight excluding hydrogens is 425 g/mol. The molecule has 0 bridgehead atoms. The van der Waals surface area contributed by atoms with Crippen LogP contribution in [0.25, 0.3) is 0 Å². The highest BCUT2D eigenvalue weighted by molar-refractivity contribution is 8.02. The monoisotopic (exact) mass is 447 g/mol. The lowest BCUT2D eigenvalue weighted by Gasteiger charge is -2.39. The first-order chi connectivity index (χ1) is 14.5. The van der Waals surface area contributed by atoms with Gasteiger partial charge in [-0.2, -0.15) is 0 Å². The number of aromatic hydroxyl groups is 1. The van der Waals surface area contributed by atoms with Crippen molar-refractivity contribution >= 4 is 29.3 Å². The molecule has 2 N–H and O–H groups in total. The Hall–Kier alpha value is -2.22. The summed E-state index contributed by atoms with van der Waals surface area (Å²) in [5, 5.41) is 14.9. The zero-order chi connectivity index (χ0) is 21.1. The lowest BCUT2D eigenvalue weighted by atomic mass is 10.0. The molecule has 0 aromatic heterocycles. The number of benzene rings is 2. The largest absolute Gasteiger partial charge is 0.508 e. The van der Waals surface area contributed by atoms with Crippen molar-refractivity contribution in [1.29, 1.82) is 0 Å². The first kappa shape index (κ1) is 21.0. The number of rotatable bonds is 5. The van der Waals surface area contributed by atoms with Crippen LogP contribution in [0.5, 0.6) is 5.75 Å². The Morgan fingerprint density at radius 3 is 2.73 bits per heavy atom. The lowest BCUT2D eigenvalue weighted by Crippen LogP contribution is -2.49. The number of piperidine rings is 1. The third-order valence-electron chi connectivity index (χ3n) is 5.51. The van der Waals surface area contributed by atoms with Crippen LogP contribution in [0.2, 0.25) is 5.02 Å². The van der Waals surface area contributed by atoms with Crippen LogP contribution in [-0.2, 0) is 6.54 Å². The van der Waals surface area contributed by atoms with Crippen LogP contribution in [0, 0.1) is 5.82 Å². The van der Waals surface area contributed by atoms with Gasteiger partial charge in [0.2, 0.25) is 0 Å². The van der Waals surface area contributed by atoms with Crippen molar-refractivity contribution in [1.82, 2.24) is 15.1 Å². The molecule has 4 rings (SSSR count). The Labute approximate surface area is 184 Å². The van der Waals surface area contributed by atoms with E-state index in [4.69, 9.17) is 11.6 Å². The molecule has 158 valence electrons. The number of phenolic OH excluding ortho intramolecular Hbond substituents is 1. The summed E-state index contributed by atoms with van der Waals surface area (Å²) in [6.45, 7) is 2.57. The average Bonchev–Trinajstić information content (AvgIpc) is 3.20. The van der Waals surface area contributed by atoms with Crippen molar-refractivity contribution in [2.45, 2.75) is 30.9 Å². The van der Waals surface area contributed by atoms with Gasteiger partial charge in [-0.1, -0.05) is 41.6 Å². The second-order valence-electron chi connectivity index (χ2n) is 7.46. The maximum absolute atomic E-state index is 13.4. The van der Waals surface area contributed by atoms with E-state index in [1.165, 1.54) is 30.0 Å². The fourth-order valence-corrected chi connectivity index (χ4v) is 4.94. The van der Waals surface area contributed by atoms with Gasteiger partial charge in [-0.15, -0.1) is 0 Å². The number of thioether (sulfide) groups is 1. The molecule has 2 aromatic carbocycles. The summed E-state index contributed by atoms with van der Waals surface area (Å²) in [4.78, 5) is 17.1. The predicted octanol–water partition coefficient (Wildman–Crippen LogP) is 4.38. The third kappa shape index (κ3) is 4.74. The minimum absolute atomic E-state index is 0.0615. The lowest BCUT2D eigenvalue weighted by molar-refractivity contribution is 0.0873. The van der Waals surface area contributed by atoms with Gasteiger partial charge in [0.1, 0.15) is 11.6 Å². The van der Waals surface area contributed by atoms with E-state index in [0.29, 0.717) is 17.4 Å². The van der Waals surface area contributed by atoms with Crippen molar-refractivity contribution in [2.24, 2.45) is 0 Å². The van der Waals surface area contributed by atoms with Gasteiger partial charge < -0.3 is 15.3 Å². The van der Waals surface area contributed by atoms with Crippen molar-refractivity contribution < 1.29 is 14.3 Å². The summed E-state index contributed by atoms with van der Waals surface area (Å²) in [5.74, 6) is -0.482. The highest BCUT2D eigenvalue weighted by Gasteiger charge is 2.31. The Kier molecular flexibility index (Phi) is 6.51. The molecule has 0 spiro atoms. The van der Waals surface area contributed by atoms with Gasteiger partial charge in [0.25, 0.3) is 5.91 Å². The fourth-order valence-electron chi connectivity index (χ4n) is 3.84. The minimum atomic E-state index is -0.540. The molecular formula is C22H23ClFN3O2S. The summed E-state index contributed by atoms with van der Waals surface area (Å²) >= 11 is 7.34. The molecule has 2 aliphatic heterocycles. The molecule has 0 aliphatic carbocycles. The molecule has 2 heterocycles. The zero-order valence-electron chi connectivity index (χ0n) is 16.3. The Balaban J connectivity index is 1.33. The molecule has 5 nitrogen and oxygen atoms in total. The number of halogens is 2. The number of hydrogen-bond acceptors (Lipinski definition) is 5. The molecule has 1 saturated heterocycles.